The predicted molar refractivity (Wildman–Crippen MR) is 259 cm³/mol. The van der Waals surface area contributed by atoms with Crippen LogP contribution in [0, 0.1) is 0 Å². The molecule has 1 aliphatic carbocycles. The molecule has 4 heteroatoms. The van der Waals surface area contributed by atoms with Gasteiger partial charge in [-0.1, -0.05) is 133 Å². The molecule has 0 bridgehead atoms. The van der Waals surface area contributed by atoms with Gasteiger partial charge in [-0.3, -0.25) is 0 Å². The zero-order chi connectivity index (χ0) is 40.5. The third kappa shape index (κ3) is 4.72. The molecule has 4 nitrogen and oxygen atoms in total. The molecule has 0 saturated heterocycles. The Bertz CT molecular complexity index is 4040. The minimum Gasteiger partial charge on any atom is -0.309 e. The summed E-state index contributed by atoms with van der Waals surface area (Å²) < 4.78 is 4.79. The van der Waals surface area contributed by atoms with Gasteiger partial charge in [0, 0.05) is 49.4 Å². The van der Waals surface area contributed by atoms with E-state index in [4.69, 9.17) is 9.97 Å². The molecule has 0 fully saturated rings. The summed E-state index contributed by atoms with van der Waals surface area (Å²) in [6.45, 7) is 0. The largest absolute Gasteiger partial charge is 0.309 e. The fourth-order valence-electron chi connectivity index (χ4n) is 10.4. The van der Waals surface area contributed by atoms with Gasteiger partial charge in [0.2, 0.25) is 0 Å². The smallest absolute Gasteiger partial charge is 0.160 e. The number of nitrogens with zero attached hydrogens (tertiary/aromatic N) is 4. The van der Waals surface area contributed by atoms with E-state index in [9.17, 15) is 0 Å². The van der Waals surface area contributed by atoms with Crippen LogP contribution in [0.4, 0.5) is 0 Å². The van der Waals surface area contributed by atoms with Crippen molar-refractivity contribution < 1.29 is 0 Å². The molecule has 13 aromatic rings. The predicted octanol–water partition coefficient (Wildman–Crippen LogP) is 15.1. The van der Waals surface area contributed by atoms with Gasteiger partial charge in [-0.05, 0) is 117 Å². The van der Waals surface area contributed by atoms with Gasteiger partial charge in [0.05, 0.1) is 33.3 Å². The van der Waals surface area contributed by atoms with E-state index >= 15 is 0 Å². The maximum Gasteiger partial charge on any atom is 0.160 e. The lowest BCUT2D eigenvalue weighted by molar-refractivity contribution is 1.18. The van der Waals surface area contributed by atoms with Crippen LogP contribution in [0.2, 0.25) is 0 Å². The first-order chi connectivity index (χ1) is 30.7. The number of hydrogen-bond donors (Lipinski definition) is 0. The monoisotopic (exact) mass is 786 g/mol. The number of fused-ring (bicyclic) bond motifs is 12. The first kappa shape index (κ1) is 33.5. The van der Waals surface area contributed by atoms with E-state index in [-0.39, 0.29) is 0 Å². The fourth-order valence-corrected chi connectivity index (χ4v) is 10.4. The number of benzene rings is 10. The van der Waals surface area contributed by atoms with Crippen molar-refractivity contribution in [2.24, 2.45) is 0 Å². The summed E-state index contributed by atoms with van der Waals surface area (Å²) >= 11 is 0. The Labute approximate surface area is 356 Å². The lowest BCUT2D eigenvalue weighted by Gasteiger charge is -2.11. The molecule has 0 atom stereocenters. The van der Waals surface area contributed by atoms with Crippen LogP contribution in [0.15, 0.2) is 206 Å². The quantitative estimate of drug-likeness (QED) is 0.178. The molecular formula is C58H34N4. The lowest BCUT2D eigenvalue weighted by atomic mass is 9.97. The summed E-state index contributed by atoms with van der Waals surface area (Å²) in [7, 11) is 0. The molecule has 0 N–H and O–H groups in total. The number of para-hydroxylation sites is 3. The number of rotatable bonds is 4. The van der Waals surface area contributed by atoms with E-state index in [1.165, 1.54) is 93.3 Å². The Morgan fingerprint density at radius 2 is 0.935 bits per heavy atom. The average Bonchev–Trinajstić information content (AvgIpc) is 3.98. The molecular weight excluding hydrogens is 753 g/mol. The molecule has 14 rings (SSSR count). The number of aromatic nitrogens is 4. The Morgan fingerprint density at radius 3 is 1.84 bits per heavy atom. The van der Waals surface area contributed by atoms with Crippen molar-refractivity contribution in [2.45, 2.75) is 0 Å². The standard InChI is InChI=1S/C58H34N4/c1-2-11-41(12-3-1)61-52-20-9-7-16-48(52)55-43-28-24-36(31-39(43)26-30-54(55)61)38-25-29-53-49(34-38)45-14-6-8-19-51(45)62(53)42-27-23-35-32-40(22-21-37(35)33-42)58-59-50-18-10-17-46-44-13-4-5-15-47(44)57(60-58)56(46)50/h1-34H. The van der Waals surface area contributed by atoms with Gasteiger partial charge in [0.1, 0.15) is 0 Å². The van der Waals surface area contributed by atoms with Crippen LogP contribution in [-0.2, 0) is 0 Å². The molecule has 0 amide bonds. The van der Waals surface area contributed by atoms with E-state index in [2.05, 4.69) is 215 Å². The van der Waals surface area contributed by atoms with Crippen LogP contribution < -0.4 is 0 Å². The normalized spacial score (nSPS) is 12.2. The van der Waals surface area contributed by atoms with E-state index < -0.39 is 0 Å². The van der Waals surface area contributed by atoms with Crippen LogP contribution in [0.3, 0.4) is 0 Å². The van der Waals surface area contributed by atoms with Gasteiger partial charge in [0.25, 0.3) is 0 Å². The molecule has 0 spiro atoms. The van der Waals surface area contributed by atoms with Crippen LogP contribution >= 0.6 is 0 Å². The zero-order valence-corrected chi connectivity index (χ0v) is 33.4. The van der Waals surface area contributed by atoms with Crippen molar-refractivity contribution in [1.82, 2.24) is 19.1 Å². The second kappa shape index (κ2) is 12.6. The highest BCUT2D eigenvalue weighted by atomic mass is 15.0. The fraction of sp³-hybridized carbons (Fsp3) is 0. The molecule has 10 aromatic carbocycles. The maximum absolute atomic E-state index is 5.18. The summed E-state index contributed by atoms with van der Waals surface area (Å²) in [6.07, 6.45) is 0. The van der Waals surface area contributed by atoms with Crippen molar-refractivity contribution in [2.75, 3.05) is 0 Å². The van der Waals surface area contributed by atoms with Gasteiger partial charge in [-0.25, -0.2) is 9.97 Å². The van der Waals surface area contributed by atoms with Crippen LogP contribution in [0.25, 0.3) is 132 Å². The Balaban J connectivity index is 0.859. The van der Waals surface area contributed by atoms with Crippen molar-refractivity contribution in [3.05, 3.63) is 206 Å². The van der Waals surface area contributed by atoms with Crippen molar-refractivity contribution in [3.63, 3.8) is 0 Å². The van der Waals surface area contributed by atoms with Gasteiger partial charge in [-0.15, -0.1) is 0 Å². The second-order valence-electron chi connectivity index (χ2n) is 16.6. The first-order valence-corrected chi connectivity index (χ1v) is 21.2. The Morgan fingerprint density at radius 1 is 0.306 bits per heavy atom. The van der Waals surface area contributed by atoms with Crippen LogP contribution in [0.1, 0.15) is 0 Å². The highest BCUT2D eigenvalue weighted by Crippen LogP contribution is 2.46. The molecule has 0 saturated carbocycles. The first-order valence-electron chi connectivity index (χ1n) is 21.2. The van der Waals surface area contributed by atoms with E-state index in [1.54, 1.807) is 0 Å². The van der Waals surface area contributed by atoms with Crippen molar-refractivity contribution in [3.8, 4) is 56.3 Å². The molecule has 1 aliphatic rings. The van der Waals surface area contributed by atoms with E-state index in [1.807, 2.05) is 0 Å². The topological polar surface area (TPSA) is 35.6 Å². The van der Waals surface area contributed by atoms with Gasteiger partial charge < -0.3 is 9.13 Å². The summed E-state index contributed by atoms with van der Waals surface area (Å²) in [5.41, 5.74) is 16.2. The minimum absolute atomic E-state index is 0.751. The summed E-state index contributed by atoms with van der Waals surface area (Å²) in [4.78, 5) is 10.3. The van der Waals surface area contributed by atoms with Crippen molar-refractivity contribution in [1.29, 1.82) is 0 Å². The van der Waals surface area contributed by atoms with Gasteiger partial charge >= 0.3 is 0 Å². The van der Waals surface area contributed by atoms with E-state index in [0.29, 0.717) is 0 Å². The molecule has 0 radical (unpaired) electrons. The molecule has 0 aliphatic heterocycles. The minimum atomic E-state index is 0.751. The summed E-state index contributed by atoms with van der Waals surface area (Å²) in [5, 5.41) is 11.0. The average molecular weight is 787 g/mol. The number of hydrogen-bond acceptors (Lipinski definition) is 2. The lowest BCUT2D eigenvalue weighted by Crippen LogP contribution is -1.95. The van der Waals surface area contributed by atoms with Crippen LogP contribution in [0.5, 0.6) is 0 Å². The van der Waals surface area contributed by atoms with Crippen molar-refractivity contribution >= 4 is 76.1 Å². The summed E-state index contributed by atoms with van der Waals surface area (Å²) in [6, 6.07) is 75.0. The van der Waals surface area contributed by atoms with Gasteiger partial charge in [0.15, 0.2) is 5.82 Å². The van der Waals surface area contributed by atoms with Crippen LogP contribution in [-0.4, -0.2) is 19.1 Å². The molecule has 3 aromatic heterocycles. The maximum atomic E-state index is 5.18. The zero-order valence-electron chi connectivity index (χ0n) is 33.4. The van der Waals surface area contributed by atoms with E-state index in [0.717, 1.165) is 39.1 Å². The SMILES string of the molecule is c1ccc(-n2c3ccccc3c3c4ccc(-c5ccc6c(c5)c5ccccc5n6-c5ccc6cc(-c7nc8c9c(cccc9n7)-c7ccccc7-8)ccc6c5)cc4ccc32)cc1. The molecule has 62 heavy (non-hydrogen) atoms. The third-order valence-electron chi connectivity index (χ3n) is 13.2. The Hall–Kier alpha value is -8.34. The van der Waals surface area contributed by atoms with Gasteiger partial charge in [-0.2, -0.15) is 0 Å². The molecule has 3 heterocycles. The second-order valence-corrected chi connectivity index (χ2v) is 16.6. The highest BCUT2D eigenvalue weighted by molar-refractivity contribution is 6.22. The highest BCUT2D eigenvalue weighted by Gasteiger charge is 2.24. The molecule has 286 valence electrons. The molecule has 0 unspecified atom stereocenters. The third-order valence-corrected chi connectivity index (χ3v) is 13.2. The Kier molecular flexibility index (Phi) is 6.80. The summed E-state index contributed by atoms with van der Waals surface area (Å²) in [5.74, 6) is 0.751.